The van der Waals surface area contributed by atoms with Gasteiger partial charge in [0.05, 0.1) is 12.7 Å². The molecule has 1 aromatic rings. The second-order valence-electron chi connectivity index (χ2n) is 6.53. The molecule has 1 amide bonds. The monoisotopic (exact) mass is 306 g/mol. The minimum absolute atomic E-state index is 0.0775. The summed E-state index contributed by atoms with van der Waals surface area (Å²) in [5.74, 6) is 0.377. The van der Waals surface area contributed by atoms with Crippen molar-refractivity contribution in [2.24, 2.45) is 17.6 Å². The molecular weight excluding hydrogens is 283 g/mol. The molecule has 3 rings (SSSR count). The minimum Gasteiger partial charge on any atom is -0.497 e. The number of rotatable bonds is 3. The summed E-state index contributed by atoms with van der Waals surface area (Å²) in [4.78, 5) is 12.4. The number of ether oxygens (including phenoxy) is 1. The molecule has 0 spiro atoms. The molecule has 2 fully saturated rings. The van der Waals surface area contributed by atoms with Crippen LogP contribution in [0.3, 0.4) is 0 Å². The quantitative estimate of drug-likeness (QED) is 0.901. The first-order valence-corrected chi connectivity index (χ1v) is 7.98. The van der Waals surface area contributed by atoms with Crippen LogP contribution in [0, 0.1) is 17.7 Å². The zero-order chi connectivity index (χ0) is 15.7. The highest BCUT2D eigenvalue weighted by Gasteiger charge is 2.40. The SMILES string of the molecule is COc1ccc(C(=O)NC2C3CCCC2CC(N)C3)c(F)c1. The first-order chi connectivity index (χ1) is 10.6. The molecule has 2 aliphatic carbocycles. The Morgan fingerprint density at radius 1 is 1.32 bits per heavy atom. The predicted octanol–water partition coefficient (Wildman–Crippen LogP) is 2.47. The summed E-state index contributed by atoms with van der Waals surface area (Å²) >= 11 is 0. The van der Waals surface area contributed by atoms with Crippen molar-refractivity contribution in [2.45, 2.75) is 44.2 Å². The van der Waals surface area contributed by atoms with E-state index in [9.17, 15) is 9.18 Å². The number of nitrogens with two attached hydrogens (primary N) is 1. The van der Waals surface area contributed by atoms with Crippen LogP contribution in [0.15, 0.2) is 18.2 Å². The predicted molar refractivity (Wildman–Crippen MR) is 82.2 cm³/mol. The van der Waals surface area contributed by atoms with Gasteiger partial charge in [-0.25, -0.2) is 4.39 Å². The highest BCUT2D eigenvalue weighted by atomic mass is 19.1. The van der Waals surface area contributed by atoms with Crippen LogP contribution in [-0.4, -0.2) is 25.1 Å². The fraction of sp³-hybridized carbons (Fsp3) is 0.588. The standard InChI is InChI=1S/C17H23FN2O2/c1-22-13-5-6-14(15(18)9-13)17(21)20-16-10-3-2-4-11(16)8-12(19)7-10/h5-6,9-12,16H,2-4,7-8,19H2,1H3,(H,20,21). The Bertz CT molecular complexity index is 550. The lowest BCUT2D eigenvalue weighted by Crippen LogP contribution is -2.53. The van der Waals surface area contributed by atoms with Gasteiger partial charge < -0.3 is 15.8 Å². The van der Waals surface area contributed by atoms with Gasteiger partial charge in [-0.2, -0.15) is 0 Å². The smallest absolute Gasteiger partial charge is 0.254 e. The Labute approximate surface area is 130 Å². The van der Waals surface area contributed by atoms with Crippen LogP contribution in [-0.2, 0) is 0 Å². The van der Waals surface area contributed by atoms with Crippen molar-refractivity contribution in [2.75, 3.05) is 7.11 Å². The van der Waals surface area contributed by atoms with E-state index in [4.69, 9.17) is 10.5 Å². The van der Waals surface area contributed by atoms with Crippen LogP contribution < -0.4 is 15.8 Å². The molecule has 0 radical (unpaired) electrons. The molecule has 0 heterocycles. The van der Waals surface area contributed by atoms with Crippen molar-refractivity contribution < 1.29 is 13.9 Å². The molecule has 0 saturated heterocycles. The molecule has 4 nitrogen and oxygen atoms in total. The third-order valence-electron chi connectivity index (χ3n) is 5.10. The number of benzene rings is 1. The van der Waals surface area contributed by atoms with Gasteiger partial charge in [-0.05, 0) is 49.7 Å². The molecule has 2 aliphatic rings. The topological polar surface area (TPSA) is 64.3 Å². The molecule has 2 saturated carbocycles. The van der Waals surface area contributed by atoms with Gasteiger partial charge in [0.25, 0.3) is 5.91 Å². The van der Waals surface area contributed by atoms with E-state index < -0.39 is 5.82 Å². The Balaban J connectivity index is 1.74. The van der Waals surface area contributed by atoms with Crippen molar-refractivity contribution in [1.29, 1.82) is 0 Å². The highest BCUT2D eigenvalue weighted by Crippen LogP contribution is 2.39. The van der Waals surface area contributed by atoms with Gasteiger partial charge in [-0.1, -0.05) is 6.42 Å². The highest BCUT2D eigenvalue weighted by molar-refractivity contribution is 5.94. The molecule has 2 unspecified atom stereocenters. The van der Waals surface area contributed by atoms with Gasteiger partial charge in [-0.15, -0.1) is 0 Å². The summed E-state index contributed by atoms with van der Waals surface area (Å²) in [6, 6.07) is 4.69. The maximum Gasteiger partial charge on any atom is 0.254 e. The molecule has 3 N–H and O–H groups in total. The van der Waals surface area contributed by atoms with E-state index in [2.05, 4.69) is 5.32 Å². The maximum atomic E-state index is 14.0. The summed E-state index contributed by atoms with van der Waals surface area (Å²) in [6.07, 6.45) is 5.30. The van der Waals surface area contributed by atoms with Crippen molar-refractivity contribution in [3.63, 3.8) is 0 Å². The molecule has 0 aromatic heterocycles. The number of fused-ring (bicyclic) bond motifs is 2. The number of halogens is 1. The summed E-state index contributed by atoms with van der Waals surface area (Å²) in [5.41, 5.74) is 6.18. The first kappa shape index (κ1) is 15.3. The van der Waals surface area contributed by atoms with Gasteiger partial charge in [0, 0.05) is 18.2 Å². The largest absolute Gasteiger partial charge is 0.497 e. The molecular formula is C17H23FN2O2. The molecule has 2 atom stereocenters. The third-order valence-corrected chi connectivity index (χ3v) is 5.10. The summed E-state index contributed by atoms with van der Waals surface area (Å²) in [6.45, 7) is 0. The lowest BCUT2D eigenvalue weighted by molar-refractivity contribution is 0.0752. The fourth-order valence-electron chi connectivity index (χ4n) is 4.06. The third kappa shape index (κ3) is 2.95. The average Bonchev–Trinajstić information content (AvgIpc) is 2.47. The van der Waals surface area contributed by atoms with E-state index in [0.717, 1.165) is 25.7 Å². The average molecular weight is 306 g/mol. The van der Waals surface area contributed by atoms with E-state index in [0.29, 0.717) is 17.6 Å². The van der Waals surface area contributed by atoms with E-state index in [-0.39, 0.29) is 23.6 Å². The first-order valence-electron chi connectivity index (χ1n) is 7.98. The normalized spacial score (nSPS) is 30.7. The Morgan fingerprint density at radius 2 is 2.00 bits per heavy atom. The van der Waals surface area contributed by atoms with Gasteiger partial charge in [0.15, 0.2) is 0 Å². The van der Waals surface area contributed by atoms with E-state index in [1.165, 1.54) is 25.7 Å². The number of amides is 1. The van der Waals surface area contributed by atoms with Crippen LogP contribution in [0.4, 0.5) is 4.39 Å². The van der Waals surface area contributed by atoms with Crippen LogP contribution in [0.5, 0.6) is 5.75 Å². The Hall–Kier alpha value is -1.62. The zero-order valence-corrected chi connectivity index (χ0v) is 12.8. The van der Waals surface area contributed by atoms with Crippen molar-refractivity contribution in [3.8, 4) is 5.75 Å². The molecule has 0 aliphatic heterocycles. The summed E-state index contributed by atoms with van der Waals surface area (Å²) < 4.78 is 19.0. The fourth-order valence-corrected chi connectivity index (χ4v) is 4.06. The van der Waals surface area contributed by atoms with Gasteiger partial charge in [0.2, 0.25) is 0 Å². The Kier molecular flexibility index (Phi) is 4.34. The number of methoxy groups -OCH3 is 1. The Morgan fingerprint density at radius 3 is 2.59 bits per heavy atom. The number of nitrogens with one attached hydrogen (secondary N) is 1. The minimum atomic E-state index is -0.547. The van der Waals surface area contributed by atoms with Crippen LogP contribution in [0.2, 0.25) is 0 Å². The van der Waals surface area contributed by atoms with E-state index in [1.807, 2.05) is 0 Å². The number of carbonyl (C=O) groups is 1. The summed E-state index contributed by atoms with van der Waals surface area (Å²) in [7, 11) is 1.47. The molecule has 2 bridgehead atoms. The number of hydrogen-bond donors (Lipinski definition) is 2. The second-order valence-corrected chi connectivity index (χ2v) is 6.53. The van der Waals surface area contributed by atoms with E-state index >= 15 is 0 Å². The van der Waals surface area contributed by atoms with Crippen molar-refractivity contribution in [3.05, 3.63) is 29.6 Å². The zero-order valence-electron chi connectivity index (χ0n) is 12.8. The molecule has 1 aromatic carbocycles. The van der Waals surface area contributed by atoms with Crippen molar-refractivity contribution in [1.82, 2.24) is 5.32 Å². The van der Waals surface area contributed by atoms with Gasteiger partial charge in [-0.3, -0.25) is 4.79 Å². The van der Waals surface area contributed by atoms with Crippen molar-refractivity contribution >= 4 is 5.91 Å². The van der Waals surface area contributed by atoms with Gasteiger partial charge >= 0.3 is 0 Å². The molecule has 5 heteroatoms. The van der Waals surface area contributed by atoms with Crippen LogP contribution in [0.1, 0.15) is 42.5 Å². The lowest BCUT2D eigenvalue weighted by Gasteiger charge is -2.45. The second kappa shape index (κ2) is 6.24. The maximum absolute atomic E-state index is 14.0. The lowest BCUT2D eigenvalue weighted by atomic mass is 9.67. The summed E-state index contributed by atoms with van der Waals surface area (Å²) in [5, 5.41) is 3.06. The van der Waals surface area contributed by atoms with Crippen LogP contribution in [0.25, 0.3) is 0 Å². The van der Waals surface area contributed by atoms with Gasteiger partial charge in [0.1, 0.15) is 11.6 Å². The number of carbonyl (C=O) groups excluding carboxylic acids is 1. The van der Waals surface area contributed by atoms with Crippen LogP contribution >= 0.6 is 0 Å². The van der Waals surface area contributed by atoms with E-state index in [1.54, 1.807) is 6.07 Å². The molecule has 120 valence electrons. The molecule has 22 heavy (non-hydrogen) atoms. The number of hydrogen-bond acceptors (Lipinski definition) is 3.